The molecule has 0 aliphatic carbocycles. The van der Waals surface area contributed by atoms with Crippen LogP contribution in [0.3, 0.4) is 0 Å². The molecule has 1 aliphatic rings. The van der Waals surface area contributed by atoms with E-state index in [0.29, 0.717) is 17.7 Å². The van der Waals surface area contributed by atoms with Crippen LogP contribution in [-0.4, -0.2) is 17.7 Å². The summed E-state index contributed by atoms with van der Waals surface area (Å²) in [7, 11) is 0. The van der Waals surface area contributed by atoms with Gasteiger partial charge in [-0.1, -0.05) is 25.1 Å². The lowest BCUT2D eigenvalue weighted by atomic mass is 9.92. The highest BCUT2D eigenvalue weighted by Crippen LogP contribution is 2.30. The van der Waals surface area contributed by atoms with Gasteiger partial charge >= 0.3 is 0 Å². The molecule has 2 nitrogen and oxygen atoms in total. The van der Waals surface area contributed by atoms with Crippen molar-refractivity contribution in [3.05, 3.63) is 29.8 Å². The van der Waals surface area contributed by atoms with Crippen LogP contribution in [0.2, 0.25) is 0 Å². The second kappa shape index (κ2) is 4.01. The molecule has 2 heteroatoms. The van der Waals surface area contributed by atoms with Crippen LogP contribution in [0, 0.1) is 0 Å². The van der Waals surface area contributed by atoms with Crippen molar-refractivity contribution in [1.82, 2.24) is 5.32 Å². The molecule has 14 heavy (non-hydrogen) atoms. The Balaban J connectivity index is 2.17. The van der Waals surface area contributed by atoms with E-state index in [1.165, 1.54) is 12.8 Å². The summed E-state index contributed by atoms with van der Waals surface area (Å²) in [5.74, 6) is 0.826. The Morgan fingerprint density at radius 2 is 2.21 bits per heavy atom. The summed E-state index contributed by atoms with van der Waals surface area (Å²) < 4.78 is 0. The average Bonchev–Trinajstić information content (AvgIpc) is 2.70. The van der Waals surface area contributed by atoms with Crippen LogP contribution < -0.4 is 5.32 Å². The number of aromatic hydroxyl groups is 1. The van der Waals surface area contributed by atoms with Crippen molar-refractivity contribution in [1.29, 1.82) is 0 Å². The highest BCUT2D eigenvalue weighted by Gasteiger charge is 2.23. The Morgan fingerprint density at radius 3 is 2.86 bits per heavy atom. The molecule has 2 rings (SSSR count). The lowest BCUT2D eigenvalue weighted by Crippen LogP contribution is -2.27. The van der Waals surface area contributed by atoms with Gasteiger partial charge in [-0.15, -0.1) is 0 Å². The number of nitrogens with one attached hydrogen (secondary N) is 1. The number of hydrogen-bond donors (Lipinski definition) is 2. The van der Waals surface area contributed by atoms with Crippen molar-refractivity contribution in [3.8, 4) is 5.75 Å². The predicted molar refractivity (Wildman–Crippen MR) is 57.5 cm³/mol. The topological polar surface area (TPSA) is 32.3 Å². The van der Waals surface area contributed by atoms with Crippen LogP contribution in [0.15, 0.2) is 24.3 Å². The first-order valence-electron chi connectivity index (χ1n) is 5.30. The summed E-state index contributed by atoms with van der Waals surface area (Å²) in [6.45, 7) is 3.29. The molecule has 0 bridgehead atoms. The second-order valence-corrected chi connectivity index (χ2v) is 4.05. The number of benzene rings is 1. The maximum absolute atomic E-state index is 9.71. The zero-order valence-corrected chi connectivity index (χ0v) is 8.53. The largest absolute Gasteiger partial charge is 0.508 e. The third-order valence-corrected chi connectivity index (χ3v) is 3.13. The fourth-order valence-corrected chi connectivity index (χ4v) is 2.23. The van der Waals surface area contributed by atoms with E-state index in [0.717, 1.165) is 12.1 Å². The van der Waals surface area contributed by atoms with Crippen molar-refractivity contribution < 1.29 is 5.11 Å². The van der Waals surface area contributed by atoms with Crippen LogP contribution >= 0.6 is 0 Å². The van der Waals surface area contributed by atoms with Gasteiger partial charge in [0.2, 0.25) is 0 Å². The highest BCUT2D eigenvalue weighted by atomic mass is 16.3. The summed E-state index contributed by atoms with van der Waals surface area (Å²) in [6.07, 6.45) is 2.47. The maximum atomic E-state index is 9.71. The van der Waals surface area contributed by atoms with Gasteiger partial charge in [-0.3, -0.25) is 0 Å². The van der Waals surface area contributed by atoms with Crippen molar-refractivity contribution in [3.63, 3.8) is 0 Å². The molecule has 0 radical (unpaired) electrons. The van der Waals surface area contributed by atoms with Gasteiger partial charge < -0.3 is 10.4 Å². The molecule has 1 aliphatic heterocycles. The van der Waals surface area contributed by atoms with E-state index < -0.39 is 0 Å². The number of phenols is 1. The minimum atomic E-state index is 0.402. The molecule has 1 aromatic carbocycles. The maximum Gasteiger partial charge on any atom is 0.119 e. The standard InChI is InChI=1S/C12H17NO/c1-9(11-6-4-8-13-11)10-5-2-3-7-12(10)14/h2-3,5,7,9,11,13-14H,4,6,8H2,1H3. The Hall–Kier alpha value is -1.02. The van der Waals surface area contributed by atoms with Crippen LogP contribution in [0.1, 0.15) is 31.2 Å². The van der Waals surface area contributed by atoms with Gasteiger partial charge in [0.05, 0.1) is 0 Å². The van der Waals surface area contributed by atoms with Crippen molar-refractivity contribution in [2.24, 2.45) is 0 Å². The van der Waals surface area contributed by atoms with Gasteiger partial charge in [0.1, 0.15) is 5.75 Å². The first-order valence-corrected chi connectivity index (χ1v) is 5.30. The molecule has 1 aromatic rings. The molecule has 1 saturated heterocycles. The van der Waals surface area contributed by atoms with E-state index >= 15 is 0 Å². The molecule has 0 aromatic heterocycles. The number of hydrogen-bond acceptors (Lipinski definition) is 2. The zero-order chi connectivity index (χ0) is 9.97. The third-order valence-electron chi connectivity index (χ3n) is 3.13. The van der Waals surface area contributed by atoms with Gasteiger partial charge in [0.15, 0.2) is 0 Å². The third kappa shape index (κ3) is 1.75. The first-order chi connectivity index (χ1) is 6.79. The van der Waals surface area contributed by atoms with Crippen molar-refractivity contribution >= 4 is 0 Å². The normalized spacial score (nSPS) is 23.6. The molecule has 2 N–H and O–H groups in total. The van der Waals surface area contributed by atoms with Crippen LogP contribution in [0.5, 0.6) is 5.75 Å². The summed E-state index contributed by atoms with van der Waals surface area (Å²) >= 11 is 0. The van der Waals surface area contributed by atoms with Gasteiger partial charge in [-0.05, 0) is 31.0 Å². The van der Waals surface area contributed by atoms with Crippen LogP contribution in [0.25, 0.3) is 0 Å². The zero-order valence-electron chi connectivity index (χ0n) is 8.53. The lowest BCUT2D eigenvalue weighted by molar-refractivity contribution is 0.445. The highest BCUT2D eigenvalue weighted by molar-refractivity contribution is 5.35. The molecule has 1 heterocycles. The van der Waals surface area contributed by atoms with Gasteiger partial charge in [0.25, 0.3) is 0 Å². The molecule has 1 fully saturated rings. The van der Waals surface area contributed by atoms with Crippen molar-refractivity contribution in [2.45, 2.75) is 31.7 Å². The van der Waals surface area contributed by atoms with Crippen LogP contribution in [-0.2, 0) is 0 Å². The molecular formula is C12H17NO. The molecule has 76 valence electrons. The number of phenolic OH excluding ortho intramolecular Hbond substituents is 1. The second-order valence-electron chi connectivity index (χ2n) is 4.05. The van der Waals surface area contributed by atoms with E-state index in [2.05, 4.69) is 12.2 Å². The Labute approximate surface area is 85.0 Å². The van der Waals surface area contributed by atoms with E-state index in [1.54, 1.807) is 6.07 Å². The molecule has 2 unspecified atom stereocenters. The molecule has 0 spiro atoms. The summed E-state index contributed by atoms with van der Waals surface area (Å²) in [5, 5.41) is 13.2. The Kier molecular flexibility index (Phi) is 2.73. The van der Waals surface area contributed by atoms with E-state index in [9.17, 15) is 5.11 Å². The SMILES string of the molecule is CC(c1ccccc1O)C1CCCN1. The minimum absolute atomic E-state index is 0.402. The fourth-order valence-electron chi connectivity index (χ4n) is 2.23. The Bertz CT molecular complexity index is 305. The van der Waals surface area contributed by atoms with E-state index in [-0.39, 0.29) is 0 Å². The van der Waals surface area contributed by atoms with Gasteiger partial charge in [0, 0.05) is 12.0 Å². The van der Waals surface area contributed by atoms with Gasteiger partial charge in [-0.2, -0.15) is 0 Å². The monoisotopic (exact) mass is 191 g/mol. The smallest absolute Gasteiger partial charge is 0.119 e. The first kappa shape index (κ1) is 9.53. The summed E-state index contributed by atoms with van der Waals surface area (Å²) in [5.41, 5.74) is 1.06. The minimum Gasteiger partial charge on any atom is -0.508 e. The fraction of sp³-hybridized carbons (Fsp3) is 0.500. The quantitative estimate of drug-likeness (QED) is 0.751. The van der Waals surface area contributed by atoms with Crippen LogP contribution in [0.4, 0.5) is 0 Å². The summed E-state index contributed by atoms with van der Waals surface area (Å²) in [4.78, 5) is 0. The summed E-state index contributed by atoms with van der Waals surface area (Å²) in [6, 6.07) is 8.16. The molecule has 0 amide bonds. The lowest BCUT2D eigenvalue weighted by Gasteiger charge is -2.20. The number of para-hydroxylation sites is 1. The Morgan fingerprint density at radius 1 is 1.43 bits per heavy atom. The average molecular weight is 191 g/mol. The number of rotatable bonds is 2. The van der Waals surface area contributed by atoms with E-state index in [1.807, 2.05) is 18.2 Å². The predicted octanol–water partition coefficient (Wildman–Crippen LogP) is 2.25. The molecule has 0 saturated carbocycles. The molecule has 2 atom stereocenters. The van der Waals surface area contributed by atoms with Gasteiger partial charge in [-0.25, -0.2) is 0 Å². The van der Waals surface area contributed by atoms with E-state index in [4.69, 9.17) is 0 Å². The van der Waals surface area contributed by atoms with Crippen molar-refractivity contribution in [2.75, 3.05) is 6.54 Å². The molecular weight excluding hydrogens is 174 g/mol.